The number of hydrogen-bond donors (Lipinski definition) is 3. The van der Waals surface area contributed by atoms with E-state index in [-0.39, 0.29) is 9.92 Å². The number of benzene rings is 1. The number of carbonyl (C=O) groups excluding carboxylic acids is 2. The fraction of sp³-hybridized carbons (Fsp3) is 0.273. The Morgan fingerprint density at radius 3 is 2.45 bits per heavy atom. The van der Waals surface area contributed by atoms with Crippen LogP contribution in [0.1, 0.15) is 6.92 Å². The van der Waals surface area contributed by atoms with Crippen LogP contribution >= 0.6 is 11.6 Å². The van der Waals surface area contributed by atoms with Gasteiger partial charge < -0.3 is 11.1 Å². The number of anilines is 1. The first-order valence-corrected chi connectivity index (χ1v) is 7.44. The molecular weight excluding hydrogens is 306 g/mol. The highest BCUT2D eigenvalue weighted by atomic mass is 35.5. The van der Waals surface area contributed by atoms with Crippen LogP contribution in [0.3, 0.4) is 0 Å². The standard InChI is InChI=1S/C11H14ClN3O4S/c1-6(10(16)15-11(17)14-2)20(18,19)9-4-3-7(13)5-8(9)12/h3-6H,13H2,1-2H3,(H2,14,15,16,17). The highest BCUT2D eigenvalue weighted by Crippen LogP contribution is 2.26. The molecule has 1 rings (SSSR count). The summed E-state index contributed by atoms with van der Waals surface area (Å²) in [4.78, 5) is 22.5. The van der Waals surface area contributed by atoms with E-state index in [2.05, 4.69) is 5.32 Å². The number of halogens is 1. The van der Waals surface area contributed by atoms with Gasteiger partial charge in [0.1, 0.15) is 5.25 Å². The molecule has 0 fully saturated rings. The van der Waals surface area contributed by atoms with Crippen LogP contribution in [0.25, 0.3) is 0 Å². The first-order valence-electron chi connectivity index (χ1n) is 5.51. The Kier molecular flexibility index (Phi) is 4.96. The summed E-state index contributed by atoms with van der Waals surface area (Å²) in [5.74, 6) is -0.947. The number of imide groups is 1. The molecule has 0 aliphatic carbocycles. The number of hydrogen-bond acceptors (Lipinski definition) is 5. The Morgan fingerprint density at radius 2 is 1.95 bits per heavy atom. The molecule has 4 N–H and O–H groups in total. The van der Waals surface area contributed by atoms with Gasteiger partial charge >= 0.3 is 6.03 Å². The molecule has 1 aromatic carbocycles. The number of nitrogen functional groups attached to an aromatic ring is 1. The van der Waals surface area contributed by atoms with E-state index in [4.69, 9.17) is 17.3 Å². The highest BCUT2D eigenvalue weighted by molar-refractivity contribution is 7.92. The number of sulfone groups is 1. The molecule has 0 spiro atoms. The summed E-state index contributed by atoms with van der Waals surface area (Å²) >= 11 is 5.83. The van der Waals surface area contributed by atoms with Gasteiger partial charge in [-0.05, 0) is 25.1 Å². The van der Waals surface area contributed by atoms with Gasteiger partial charge in [0.2, 0.25) is 5.91 Å². The molecule has 3 amide bonds. The van der Waals surface area contributed by atoms with Crippen molar-refractivity contribution in [1.82, 2.24) is 10.6 Å². The number of urea groups is 1. The minimum atomic E-state index is -4.02. The van der Waals surface area contributed by atoms with E-state index in [9.17, 15) is 18.0 Å². The van der Waals surface area contributed by atoms with E-state index >= 15 is 0 Å². The van der Waals surface area contributed by atoms with Gasteiger partial charge in [-0.15, -0.1) is 0 Å². The van der Waals surface area contributed by atoms with Crippen molar-refractivity contribution in [1.29, 1.82) is 0 Å². The molecule has 0 bridgehead atoms. The first kappa shape index (κ1) is 16.3. The molecule has 7 nitrogen and oxygen atoms in total. The summed E-state index contributed by atoms with van der Waals surface area (Å²) in [5.41, 5.74) is 5.78. The van der Waals surface area contributed by atoms with Gasteiger partial charge in [-0.25, -0.2) is 13.2 Å². The minimum absolute atomic E-state index is 0.0791. The molecule has 9 heteroatoms. The van der Waals surface area contributed by atoms with Crippen molar-refractivity contribution in [3.63, 3.8) is 0 Å². The number of rotatable bonds is 3. The SMILES string of the molecule is CNC(=O)NC(=O)C(C)S(=O)(=O)c1ccc(N)cc1Cl. The zero-order valence-electron chi connectivity index (χ0n) is 10.8. The van der Waals surface area contributed by atoms with Crippen LogP contribution in [0, 0.1) is 0 Å². The van der Waals surface area contributed by atoms with E-state index in [1.54, 1.807) is 0 Å². The third-order valence-electron chi connectivity index (χ3n) is 2.56. The Hall–Kier alpha value is -1.80. The number of nitrogens with two attached hydrogens (primary N) is 1. The average Bonchev–Trinajstić information content (AvgIpc) is 2.36. The van der Waals surface area contributed by atoms with Gasteiger partial charge in [0.05, 0.1) is 9.92 Å². The zero-order valence-corrected chi connectivity index (χ0v) is 12.4. The highest BCUT2D eigenvalue weighted by Gasteiger charge is 2.32. The summed E-state index contributed by atoms with van der Waals surface area (Å²) in [5, 5.41) is 2.50. The molecule has 0 aromatic heterocycles. The van der Waals surface area contributed by atoms with Crippen LogP contribution < -0.4 is 16.4 Å². The predicted octanol–water partition coefficient (Wildman–Crippen LogP) is 0.540. The Balaban J connectivity index is 3.10. The Morgan fingerprint density at radius 1 is 1.35 bits per heavy atom. The van der Waals surface area contributed by atoms with Crippen LogP contribution in [0.2, 0.25) is 5.02 Å². The maximum absolute atomic E-state index is 12.3. The Bertz CT molecular complexity index is 645. The van der Waals surface area contributed by atoms with E-state index in [1.807, 2.05) is 5.32 Å². The van der Waals surface area contributed by atoms with Crippen molar-refractivity contribution in [2.24, 2.45) is 0 Å². The third kappa shape index (κ3) is 3.40. The van der Waals surface area contributed by atoms with Crippen LogP contribution in [0.5, 0.6) is 0 Å². The van der Waals surface area contributed by atoms with Gasteiger partial charge in [-0.1, -0.05) is 11.6 Å². The lowest BCUT2D eigenvalue weighted by Gasteiger charge is -2.13. The molecule has 1 aromatic rings. The minimum Gasteiger partial charge on any atom is -0.399 e. The van der Waals surface area contributed by atoms with Crippen molar-refractivity contribution < 1.29 is 18.0 Å². The van der Waals surface area contributed by atoms with Crippen LogP contribution in [0.15, 0.2) is 23.1 Å². The number of carbonyl (C=O) groups is 2. The molecule has 0 aliphatic rings. The van der Waals surface area contributed by atoms with Crippen molar-refractivity contribution in [2.75, 3.05) is 12.8 Å². The molecule has 20 heavy (non-hydrogen) atoms. The molecule has 0 radical (unpaired) electrons. The monoisotopic (exact) mass is 319 g/mol. The lowest BCUT2D eigenvalue weighted by Crippen LogP contribution is -2.44. The first-order chi connectivity index (χ1) is 9.20. The normalized spacial score (nSPS) is 12.6. The molecular formula is C11H14ClN3O4S. The van der Waals surface area contributed by atoms with E-state index in [0.29, 0.717) is 5.69 Å². The lowest BCUT2D eigenvalue weighted by atomic mass is 10.3. The Labute approximate surface area is 121 Å². The fourth-order valence-corrected chi connectivity index (χ4v) is 3.18. The summed E-state index contributed by atoms with van der Waals surface area (Å²) in [6.07, 6.45) is 0. The van der Waals surface area contributed by atoms with Gasteiger partial charge in [0.25, 0.3) is 0 Å². The third-order valence-corrected chi connectivity index (χ3v) is 5.10. The maximum atomic E-state index is 12.3. The molecule has 110 valence electrons. The van der Waals surface area contributed by atoms with Gasteiger partial charge in [0, 0.05) is 12.7 Å². The van der Waals surface area contributed by atoms with Crippen LogP contribution in [0.4, 0.5) is 10.5 Å². The molecule has 1 atom stereocenters. The van der Waals surface area contributed by atoms with Crippen molar-refractivity contribution >= 4 is 39.1 Å². The maximum Gasteiger partial charge on any atom is 0.321 e. The summed E-state index contributed by atoms with van der Waals surface area (Å²) < 4.78 is 24.5. The summed E-state index contributed by atoms with van der Waals surface area (Å²) in [6.45, 7) is 1.17. The zero-order chi connectivity index (χ0) is 15.5. The largest absolute Gasteiger partial charge is 0.399 e. The van der Waals surface area contributed by atoms with Crippen molar-refractivity contribution in [3.8, 4) is 0 Å². The summed E-state index contributed by atoms with van der Waals surface area (Å²) in [7, 11) is -2.71. The summed E-state index contributed by atoms with van der Waals surface area (Å²) in [6, 6.07) is 3.07. The smallest absolute Gasteiger partial charge is 0.321 e. The van der Waals surface area contributed by atoms with Gasteiger partial charge in [0.15, 0.2) is 9.84 Å². The molecule has 0 heterocycles. The van der Waals surface area contributed by atoms with Crippen molar-refractivity contribution in [2.45, 2.75) is 17.1 Å². The predicted molar refractivity (Wildman–Crippen MR) is 75.1 cm³/mol. The number of amides is 3. The van der Waals surface area contributed by atoms with Gasteiger partial charge in [-0.2, -0.15) is 0 Å². The van der Waals surface area contributed by atoms with Crippen LogP contribution in [-0.2, 0) is 14.6 Å². The van der Waals surface area contributed by atoms with E-state index in [1.165, 1.54) is 32.2 Å². The quantitative estimate of drug-likeness (QED) is 0.703. The second-order valence-electron chi connectivity index (χ2n) is 3.95. The van der Waals surface area contributed by atoms with Crippen molar-refractivity contribution in [3.05, 3.63) is 23.2 Å². The molecule has 0 saturated carbocycles. The molecule has 0 aliphatic heterocycles. The number of nitrogens with one attached hydrogen (secondary N) is 2. The van der Waals surface area contributed by atoms with E-state index < -0.39 is 27.0 Å². The second-order valence-corrected chi connectivity index (χ2v) is 6.59. The van der Waals surface area contributed by atoms with Crippen LogP contribution in [-0.4, -0.2) is 32.7 Å². The van der Waals surface area contributed by atoms with E-state index in [0.717, 1.165) is 0 Å². The van der Waals surface area contributed by atoms with Gasteiger partial charge in [-0.3, -0.25) is 10.1 Å². The fourth-order valence-electron chi connectivity index (χ4n) is 1.36. The topological polar surface area (TPSA) is 118 Å². The molecule has 0 saturated heterocycles. The average molecular weight is 320 g/mol. The second kappa shape index (κ2) is 6.10. The molecule has 1 unspecified atom stereocenters. The lowest BCUT2D eigenvalue weighted by molar-refractivity contribution is -0.119.